The van der Waals surface area contributed by atoms with Gasteiger partial charge in [0.25, 0.3) is 0 Å². The molecule has 2 N–H and O–H groups in total. The maximum Gasteiger partial charge on any atom is 0.315 e. The van der Waals surface area contributed by atoms with Gasteiger partial charge in [-0.2, -0.15) is 0 Å². The Bertz CT molecular complexity index is 386. The first kappa shape index (κ1) is 16.1. The van der Waals surface area contributed by atoms with Crippen molar-refractivity contribution in [1.82, 2.24) is 15.5 Å². The monoisotopic (exact) mass is 290 g/mol. The van der Waals surface area contributed by atoms with Crippen LogP contribution in [-0.4, -0.2) is 52.7 Å². The Balaban J connectivity index is 2.21. The summed E-state index contributed by atoms with van der Waals surface area (Å²) in [5, 5.41) is 14.1. The highest BCUT2D eigenvalue weighted by Crippen LogP contribution is 2.06. The molecule has 0 amide bonds. The highest BCUT2D eigenvalue weighted by molar-refractivity contribution is 7.84. The summed E-state index contributed by atoms with van der Waals surface area (Å²) in [4.78, 5) is 0. The maximum atomic E-state index is 11.2. The minimum absolute atomic E-state index is 0.158. The van der Waals surface area contributed by atoms with Gasteiger partial charge in [-0.1, -0.05) is 12.0 Å². The molecule has 1 heterocycles. The molecule has 0 aromatic carbocycles. The Morgan fingerprint density at radius 2 is 2.21 bits per heavy atom. The first-order valence-corrected chi connectivity index (χ1v) is 7.83. The van der Waals surface area contributed by atoms with E-state index in [1.54, 1.807) is 13.4 Å². The first-order valence-electron chi connectivity index (χ1n) is 6.21. The molecule has 1 aromatic rings. The van der Waals surface area contributed by atoms with E-state index in [9.17, 15) is 4.21 Å². The van der Waals surface area contributed by atoms with Crippen LogP contribution in [0, 0.1) is 0 Å². The predicted molar refractivity (Wildman–Crippen MR) is 74.5 cm³/mol. The van der Waals surface area contributed by atoms with E-state index in [1.807, 2.05) is 6.92 Å². The number of nitrogens with one attached hydrogen (secondary N) is 2. The Labute approximate surface area is 116 Å². The van der Waals surface area contributed by atoms with E-state index in [-0.39, 0.29) is 5.25 Å². The van der Waals surface area contributed by atoms with Crippen LogP contribution in [0.25, 0.3) is 0 Å². The number of nitrogens with zero attached hydrogens (tertiary/aromatic N) is 2. The standard InChI is InChI=1S/C11H22N4O3S/c1-9(19(3)16)4-5-13-11-15-14-10(18-11)8-12-6-7-17-2/h9,12H,4-8H2,1-3H3,(H,13,15). The molecule has 0 aliphatic rings. The van der Waals surface area contributed by atoms with Crippen molar-refractivity contribution in [2.75, 3.05) is 38.4 Å². The molecular formula is C11H22N4O3S. The smallest absolute Gasteiger partial charge is 0.315 e. The van der Waals surface area contributed by atoms with Crippen molar-refractivity contribution in [3.05, 3.63) is 5.89 Å². The zero-order valence-electron chi connectivity index (χ0n) is 11.6. The number of anilines is 1. The number of aromatic nitrogens is 2. The molecule has 0 radical (unpaired) electrons. The number of ether oxygens (including phenoxy) is 1. The minimum Gasteiger partial charge on any atom is -0.407 e. The van der Waals surface area contributed by atoms with Crippen LogP contribution in [0.15, 0.2) is 4.42 Å². The zero-order valence-corrected chi connectivity index (χ0v) is 12.5. The van der Waals surface area contributed by atoms with Gasteiger partial charge in [0.2, 0.25) is 5.89 Å². The molecule has 2 atom stereocenters. The Morgan fingerprint density at radius 1 is 1.42 bits per heavy atom. The van der Waals surface area contributed by atoms with Crippen molar-refractivity contribution >= 4 is 16.8 Å². The highest BCUT2D eigenvalue weighted by atomic mass is 32.2. The van der Waals surface area contributed by atoms with Crippen LogP contribution >= 0.6 is 0 Å². The topological polar surface area (TPSA) is 89.3 Å². The van der Waals surface area contributed by atoms with Crippen molar-refractivity contribution in [1.29, 1.82) is 0 Å². The van der Waals surface area contributed by atoms with E-state index in [0.29, 0.717) is 31.6 Å². The molecule has 8 heteroatoms. The second kappa shape index (κ2) is 9.00. The lowest BCUT2D eigenvalue weighted by Crippen LogP contribution is -2.18. The SMILES string of the molecule is COCCNCc1nnc(NCCC(C)S(C)=O)o1. The van der Waals surface area contributed by atoms with Crippen molar-refractivity contribution in [3.63, 3.8) is 0 Å². The third-order valence-corrected chi connectivity index (χ3v) is 3.99. The average Bonchev–Trinajstić information content (AvgIpc) is 2.82. The van der Waals surface area contributed by atoms with E-state index in [2.05, 4.69) is 20.8 Å². The number of hydrogen-bond acceptors (Lipinski definition) is 7. The van der Waals surface area contributed by atoms with Crippen molar-refractivity contribution in [3.8, 4) is 0 Å². The van der Waals surface area contributed by atoms with Gasteiger partial charge in [-0.15, -0.1) is 5.10 Å². The van der Waals surface area contributed by atoms with Crippen LogP contribution in [0.1, 0.15) is 19.2 Å². The fraction of sp³-hybridized carbons (Fsp3) is 0.818. The average molecular weight is 290 g/mol. The summed E-state index contributed by atoms with van der Waals surface area (Å²) in [6.07, 6.45) is 2.51. The predicted octanol–water partition coefficient (Wildman–Crippen LogP) is 0.375. The van der Waals surface area contributed by atoms with Gasteiger partial charge in [0.05, 0.1) is 13.2 Å². The largest absolute Gasteiger partial charge is 0.407 e. The summed E-state index contributed by atoms with van der Waals surface area (Å²) < 4.78 is 21.5. The van der Waals surface area contributed by atoms with Crippen LogP contribution in [0.3, 0.4) is 0 Å². The molecule has 1 rings (SSSR count). The molecule has 0 spiro atoms. The van der Waals surface area contributed by atoms with Crippen LogP contribution in [0.5, 0.6) is 0 Å². The van der Waals surface area contributed by atoms with Gasteiger partial charge in [-0.05, 0) is 6.42 Å². The first-order chi connectivity index (χ1) is 9.13. The summed E-state index contributed by atoms with van der Waals surface area (Å²) in [5.41, 5.74) is 0. The summed E-state index contributed by atoms with van der Waals surface area (Å²) in [5.74, 6) is 0.533. The molecule has 0 fully saturated rings. The fourth-order valence-electron chi connectivity index (χ4n) is 1.31. The van der Waals surface area contributed by atoms with Crippen molar-refractivity contribution in [2.24, 2.45) is 0 Å². The van der Waals surface area contributed by atoms with E-state index >= 15 is 0 Å². The molecule has 0 aliphatic carbocycles. The van der Waals surface area contributed by atoms with Gasteiger partial charge in [0.15, 0.2) is 0 Å². The molecule has 2 unspecified atom stereocenters. The molecule has 0 bridgehead atoms. The second-order valence-electron chi connectivity index (χ2n) is 4.20. The maximum absolute atomic E-state index is 11.2. The molecule has 19 heavy (non-hydrogen) atoms. The normalized spacial score (nSPS) is 14.3. The second-order valence-corrected chi connectivity index (χ2v) is 6.00. The minimum atomic E-state index is -0.798. The Kier molecular flexibility index (Phi) is 7.61. The van der Waals surface area contributed by atoms with Gasteiger partial charge in [-0.3, -0.25) is 4.21 Å². The van der Waals surface area contributed by atoms with E-state index in [0.717, 1.165) is 13.0 Å². The van der Waals surface area contributed by atoms with Gasteiger partial charge in [-0.25, -0.2) is 0 Å². The lowest BCUT2D eigenvalue weighted by Gasteiger charge is -2.07. The highest BCUT2D eigenvalue weighted by Gasteiger charge is 2.08. The van der Waals surface area contributed by atoms with Gasteiger partial charge >= 0.3 is 6.01 Å². The van der Waals surface area contributed by atoms with Crippen LogP contribution in [0.4, 0.5) is 6.01 Å². The lowest BCUT2D eigenvalue weighted by atomic mass is 10.3. The van der Waals surface area contributed by atoms with Gasteiger partial charge in [0, 0.05) is 42.5 Å². The molecule has 7 nitrogen and oxygen atoms in total. The third kappa shape index (κ3) is 6.65. The summed E-state index contributed by atoms with van der Waals surface area (Å²) in [6, 6.07) is 0.401. The number of rotatable bonds is 10. The quantitative estimate of drug-likeness (QED) is 0.602. The summed E-state index contributed by atoms with van der Waals surface area (Å²) >= 11 is 0. The van der Waals surface area contributed by atoms with E-state index < -0.39 is 10.8 Å². The molecule has 0 saturated heterocycles. The number of hydrogen-bond donors (Lipinski definition) is 2. The summed E-state index contributed by atoms with van der Waals surface area (Å²) in [6.45, 7) is 4.52. The molecule has 110 valence electrons. The summed E-state index contributed by atoms with van der Waals surface area (Å²) in [7, 11) is 0.856. The molecule has 0 aliphatic heterocycles. The van der Waals surface area contributed by atoms with Crippen LogP contribution in [0.2, 0.25) is 0 Å². The fourth-order valence-corrected chi connectivity index (χ4v) is 1.76. The van der Waals surface area contributed by atoms with E-state index in [4.69, 9.17) is 9.15 Å². The van der Waals surface area contributed by atoms with Crippen molar-refractivity contribution < 1.29 is 13.4 Å². The van der Waals surface area contributed by atoms with Crippen molar-refractivity contribution in [2.45, 2.75) is 25.1 Å². The number of methoxy groups -OCH3 is 1. The molecular weight excluding hydrogens is 268 g/mol. The van der Waals surface area contributed by atoms with Crippen LogP contribution in [-0.2, 0) is 22.1 Å². The zero-order chi connectivity index (χ0) is 14.1. The third-order valence-electron chi connectivity index (χ3n) is 2.62. The Hall–Kier alpha value is -0.990. The Morgan fingerprint density at radius 3 is 2.89 bits per heavy atom. The van der Waals surface area contributed by atoms with Gasteiger partial charge < -0.3 is 19.8 Å². The molecule has 1 aromatic heterocycles. The van der Waals surface area contributed by atoms with E-state index in [1.165, 1.54) is 0 Å². The van der Waals surface area contributed by atoms with Crippen LogP contribution < -0.4 is 10.6 Å². The van der Waals surface area contributed by atoms with Gasteiger partial charge in [0.1, 0.15) is 0 Å². The lowest BCUT2D eigenvalue weighted by molar-refractivity contribution is 0.198. The molecule has 0 saturated carbocycles.